The van der Waals surface area contributed by atoms with Gasteiger partial charge in [0.15, 0.2) is 0 Å². The van der Waals surface area contributed by atoms with Crippen molar-refractivity contribution in [2.24, 2.45) is 0 Å². The van der Waals surface area contributed by atoms with Crippen molar-refractivity contribution in [3.05, 3.63) is 47.5 Å². The predicted molar refractivity (Wildman–Crippen MR) is 76.2 cm³/mol. The lowest BCUT2D eigenvalue weighted by molar-refractivity contribution is -0.128. The van der Waals surface area contributed by atoms with E-state index in [0.717, 1.165) is 0 Å². The van der Waals surface area contributed by atoms with Gasteiger partial charge in [0.2, 0.25) is 5.91 Å². The molecule has 4 nitrogen and oxygen atoms in total. The van der Waals surface area contributed by atoms with Crippen molar-refractivity contribution in [3.8, 4) is 0 Å². The van der Waals surface area contributed by atoms with Gasteiger partial charge < -0.3 is 10.2 Å². The normalized spacial score (nSPS) is 9.79. The second-order valence-corrected chi connectivity index (χ2v) is 4.46. The maximum absolute atomic E-state index is 11.8. The van der Waals surface area contributed by atoms with Crippen LogP contribution in [0, 0.1) is 0 Å². The van der Waals surface area contributed by atoms with Crippen LogP contribution >= 0.6 is 11.6 Å². The van der Waals surface area contributed by atoms with Gasteiger partial charge in [0, 0.05) is 37.1 Å². The highest BCUT2D eigenvalue weighted by Crippen LogP contribution is 2.10. The summed E-state index contributed by atoms with van der Waals surface area (Å²) in [5.74, 6) is -0.249. The molecule has 102 valence electrons. The van der Waals surface area contributed by atoms with Crippen LogP contribution in [0.1, 0.15) is 17.3 Å². The average molecular weight is 281 g/mol. The third-order valence-corrected chi connectivity index (χ3v) is 2.78. The molecule has 0 aliphatic rings. The van der Waals surface area contributed by atoms with Gasteiger partial charge in [0.05, 0.1) is 0 Å². The molecule has 0 spiro atoms. The molecule has 5 heteroatoms. The van der Waals surface area contributed by atoms with Crippen molar-refractivity contribution in [2.45, 2.75) is 6.92 Å². The monoisotopic (exact) mass is 280 g/mol. The van der Waals surface area contributed by atoms with Gasteiger partial charge in [-0.2, -0.15) is 0 Å². The molecule has 0 atom stereocenters. The first-order valence-corrected chi connectivity index (χ1v) is 6.32. The second kappa shape index (κ2) is 7.59. The summed E-state index contributed by atoms with van der Waals surface area (Å²) >= 11 is 5.81. The number of carbonyl (C=O) groups is 2. The van der Waals surface area contributed by atoms with E-state index >= 15 is 0 Å². The molecule has 19 heavy (non-hydrogen) atoms. The van der Waals surface area contributed by atoms with Gasteiger partial charge >= 0.3 is 0 Å². The van der Waals surface area contributed by atoms with Crippen molar-refractivity contribution in [1.29, 1.82) is 0 Å². The summed E-state index contributed by atoms with van der Waals surface area (Å²) in [5, 5.41) is 3.26. The third kappa shape index (κ3) is 5.14. The van der Waals surface area contributed by atoms with Crippen LogP contribution in [0.5, 0.6) is 0 Å². The second-order valence-electron chi connectivity index (χ2n) is 4.02. The summed E-state index contributed by atoms with van der Waals surface area (Å²) in [6, 6.07) is 6.72. The molecule has 1 N–H and O–H groups in total. The van der Waals surface area contributed by atoms with Gasteiger partial charge in [-0.25, -0.2) is 0 Å². The maximum atomic E-state index is 11.8. The highest BCUT2D eigenvalue weighted by atomic mass is 35.5. The lowest BCUT2D eigenvalue weighted by Gasteiger charge is -2.19. The van der Waals surface area contributed by atoms with Crippen molar-refractivity contribution >= 4 is 23.4 Å². The summed E-state index contributed by atoms with van der Waals surface area (Å²) < 4.78 is 0. The largest absolute Gasteiger partial charge is 0.350 e. The summed E-state index contributed by atoms with van der Waals surface area (Å²) in [7, 11) is 0. The highest BCUT2D eigenvalue weighted by molar-refractivity contribution is 6.30. The Bertz CT molecular complexity index is 474. The van der Waals surface area contributed by atoms with E-state index in [-0.39, 0.29) is 11.8 Å². The average Bonchev–Trinajstić information content (AvgIpc) is 2.37. The van der Waals surface area contributed by atoms with E-state index in [1.54, 1.807) is 35.2 Å². The lowest BCUT2D eigenvalue weighted by Crippen LogP contribution is -2.37. The smallest absolute Gasteiger partial charge is 0.251 e. The molecular formula is C14H17ClN2O2. The maximum Gasteiger partial charge on any atom is 0.251 e. The molecule has 0 aliphatic carbocycles. The number of amides is 2. The lowest BCUT2D eigenvalue weighted by atomic mass is 10.2. The van der Waals surface area contributed by atoms with Gasteiger partial charge in [0.25, 0.3) is 5.91 Å². The molecule has 0 aliphatic heterocycles. The molecular weight excluding hydrogens is 264 g/mol. The first-order valence-electron chi connectivity index (χ1n) is 5.94. The molecule has 0 saturated heterocycles. The number of hydrogen-bond acceptors (Lipinski definition) is 2. The van der Waals surface area contributed by atoms with Gasteiger partial charge in [-0.3, -0.25) is 9.59 Å². The zero-order chi connectivity index (χ0) is 14.3. The molecule has 1 aromatic carbocycles. The molecule has 0 aromatic heterocycles. The zero-order valence-corrected chi connectivity index (χ0v) is 11.6. The van der Waals surface area contributed by atoms with Crippen molar-refractivity contribution in [2.75, 3.05) is 19.6 Å². The minimum absolute atomic E-state index is 0.0445. The van der Waals surface area contributed by atoms with Gasteiger partial charge in [-0.05, 0) is 18.2 Å². The number of hydrogen-bond donors (Lipinski definition) is 1. The molecule has 0 bridgehead atoms. The zero-order valence-electron chi connectivity index (χ0n) is 10.9. The van der Waals surface area contributed by atoms with Gasteiger partial charge in [-0.1, -0.05) is 23.7 Å². The molecule has 0 unspecified atom stereocenters. The van der Waals surface area contributed by atoms with E-state index < -0.39 is 0 Å². The Morgan fingerprint density at radius 1 is 1.47 bits per heavy atom. The predicted octanol–water partition coefficient (Wildman–Crippen LogP) is 2.10. The first kappa shape index (κ1) is 15.2. The Hall–Kier alpha value is -1.81. The standard InChI is InChI=1S/C14H17ClN2O2/c1-3-8-17(11(2)18)9-7-16-14(19)12-5-4-6-13(15)10-12/h3-6,10H,1,7-9H2,2H3,(H,16,19). The minimum atomic E-state index is -0.204. The molecule has 1 aromatic rings. The minimum Gasteiger partial charge on any atom is -0.350 e. The molecule has 0 radical (unpaired) electrons. The summed E-state index contributed by atoms with van der Waals surface area (Å²) in [5.41, 5.74) is 0.505. The number of nitrogens with one attached hydrogen (secondary N) is 1. The van der Waals surface area contributed by atoms with E-state index in [1.165, 1.54) is 6.92 Å². The van der Waals surface area contributed by atoms with E-state index in [9.17, 15) is 9.59 Å². The Kier molecular flexibility index (Phi) is 6.09. The Balaban J connectivity index is 2.46. The van der Waals surface area contributed by atoms with E-state index in [1.807, 2.05) is 0 Å². The molecule has 1 rings (SSSR count). The van der Waals surface area contributed by atoms with Gasteiger partial charge in [0.1, 0.15) is 0 Å². The fourth-order valence-electron chi connectivity index (χ4n) is 1.57. The fourth-order valence-corrected chi connectivity index (χ4v) is 1.76. The number of benzene rings is 1. The van der Waals surface area contributed by atoms with Crippen LogP contribution < -0.4 is 5.32 Å². The van der Waals surface area contributed by atoms with Crippen molar-refractivity contribution < 1.29 is 9.59 Å². The molecule has 0 saturated carbocycles. The fraction of sp³-hybridized carbons (Fsp3) is 0.286. The topological polar surface area (TPSA) is 49.4 Å². The number of carbonyl (C=O) groups excluding carboxylic acids is 2. The first-order chi connectivity index (χ1) is 9.04. The highest BCUT2D eigenvalue weighted by Gasteiger charge is 2.08. The molecule has 0 heterocycles. The van der Waals surface area contributed by atoms with Crippen LogP contribution in [0.25, 0.3) is 0 Å². The Morgan fingerprint density at radius 2 is 2.21 bits per heavy atom. The van der Waals surface area contributed by atoms with E-state index in [2.05, 4.69) is 11.9 Å². The van der Waals surface area contributed by atoms with Crippen LogP contribution in [-0.4, -0.2) is 36.3 Å². The van der Waals surface area contributed by atoms with Crippen molar-refractivity contribution in [3.63, 3.8) is 0 Å². The number of rotatable bonds is 6. The number of nitrogens with zero attached hydrogens (tertiary/aromatic N) is 1. The van der Waals surface area contributed by atoms with Crippen molar-refractivity contribution in [1.82, 2.24) is 10.2 Å². The molecule has 2 amide bonds. The van der Waals surface area contributed by atoms with Crippen LogP contribution in [0.15, 0.2) is 36.9 Å². The Morgan fingerprint density at radius 3 is 2.79 bits per heavy atom. The van der Waals surface area contributed by atoms with E-state index in [4.69, 9.17) is 11.6 Å². The molecule has 0 fully saturated rings. The SMILES string of the molecule is C=CCN(CCNC(=O)c1cccc(Cl)c1)C(C)=O. The van der Waals surface area contributed by atoms with Crippen LogP contribution in [0.4, 0.5) is 0 Å². The van der Waals surface area contributed by atoms with Crippen LogP contribution in [-0.2, 0) is 4.79 Å². The summed E-state index contributed by atoms with van der Waals surface area (Å²) in [6.07, 6.45) is 1.65. The van der Waals surface area contributed by atoms with Crippen LogP contribution in [0.2, 0.25) is 5.02 Å². The Labute approximate surface area is 118 Å². The summed E-state index contributed by atoms with van der Waals surface area (Å²) in [6.45, 7) is 6.39. The van der Waals surface area contributed by atoms with Crippen LogP contribution in [0.3, 0.4) is 0 Å². The van der Waals surface area contributed by atoms with Gasteiger partial charge in [-0.15, -0.1) is 6.58 Å². The number of halogens is 1. The summed E-state index contributed by atoms with van der Waals surface area (Å²) in [4.78, 5) is 24.7. The van der Waals surface area contributed by atoms with E-state index in [0.29, 0.717) is 30.2 Å². The third-order valence-electron chi connectivity index (χ3n) is 2.55. The quantitative estimate of drug-likeness (QED) is 0.812.